The van der Waals surface area contributed by atoms with Crippen LogP contribution in [0, 0.1) is 0 Å². The molecule has 9 heteroatoms. The number of carbonyl (C=O) groups excluding carboxylic acids is 1. The molecule has 0 radical (unpaired) electrons. The van der Waals surface area contributed by atoms with Crippen molar-refractivity contribution in [1.82, 2.24) is 19.6 Å². The van der Waals surface area contributed by atoms with E-state index in [0.29, 0.717) is 31.2 Å². The maximum atomic E-state index is 13.7. The van der Waals surface area contributed by atoms with Crippen molar-refractivity contribution in [2.75, 3.05) is 32.7 Å². The maximum absolute atomic E-state index is 13.7. The molecule has 1 amide bonds. The van der Waals surface area contributed by atoms with Crippen LogP contribution in [-0.4, -0.2) is 58.2 Å². The fourth-order valence-corrected chi connectivity index (χ4v) is 3.12. The van der Waals surface area contributed by atoms with Crippen molar-refractivity contribution in [3.8, 4) is 5.69 Å². The molecule has 0 spiro atoms. The van der Waals surface area contributed by atoms with Gasteiger partial charge in [0.15, 0.2) is 5.69 Å². The third kappa shape index (κ3) is 3.71. The molecule has 1 aromatic carbocycles. The Morgan fingerprint density at radius 1 is 1.15 bits per heavy atom. The van der Waals surface area contributed by atoms with Crippen LogP contribution in [0.15, 0.2) is 30.5 Å². The fourth-order valence-electron chi connectivity index (χ4n) is 2.99. The molecule has 2 aromatic rings. The van der Waals surface area contributed by atoms with Crippen LogP contribution in [0.4, 0.5) is 13.2 Å². The molecule has 0 bridgehead atoms. The summed E-state index contributed by atoms with van der Waals surface area (Å²) in [5.74, 6) is -0.645. The van der Waals surface area contributed by atoms with E-state index in [2.05, 4.69) is 10.00 Å². The standard InChI is InChI=1S/C17H18ClF3N4O/c1-2-23-7-9-24(10-8-23)16(26)14-11-22-25(15(14)17(19,20)21)13-5-3-12(18)4-6-13/h3-6,11H,2,7-10H2,1H3. The Balaban J connectivity index is 1.95. The normalized spacial score (nSPS) is 16.1. The summed E-state index contributed by atoms with van der Waals surface area (Å²) < 4.78 is 41.8. The van der Waals surface area contributed by atoms with Gasteiger partial charge in [-0.2, -0.15) is 18.3 Å². The lowest BCUT2D eigenvalue weighted by molar-refractivity contribution is -0.143. The van der Waals surface area contributed by atoms with Crippen molar-refractivity contribution >= 4 is 17.5 Å². The number of alkyl halides is 3. The molecule has 0 unspecified atom stereocenters. The summed E-state index contributed by atoms with van der Waals surface area (Å²) in [6.07, 6.45) is -3.72. The number of aromatic nitrogens is 2. The van der Waals surface area contributed by atoms with Crippen molar-refractivity contribution in [1.29, 1.82) is 0 Å². The Labute approximate surface area is 153 Å². The Hall–Kier alpha value is -2.06. The van der Waals surface area contributed by atoms with Crippen molar-refractivity contribution in [2.24, 2.45) is 0 Å². The summed E-state index contributed by atoms with van der Waals surface area (Å²) in [7, 11) is 0. The van der Waals surface area contributed by atoms with Gasteiger partial charge >= 0.3 is 6.18 Å². The lowest BCUT2D eigenvalue weighted by atomic mass is 10.2. The molecule has 1 aliphatic heterocycles. The van der Waals surface area contributed by atoms with E-state index in [0.717, 1.165) is 17.4 Å². The molecule has 26 heavy (non-hydrogen) atoms. The summed E-state index contributed by atoms with van der Waals surface area (Å²) in [6, 6.07) is 5.81. The first-order valence-electron chi connectivity index (χ1n) is 8.24. The van der Waals surface area contributed by atoms with E-state index in [1.165, 1.54) is 29.2 Å². The highest BCUT2D eigenvalue weighted by atomic mass is 35.5. The predicted molar refractivity (Wildman–Crippen MR) is 91.6 cm³/mol. The van der Waals surface area contributed by atoms with Gasteiger partial charge in [0.2, 0.25) is 0 Å². The number of piperazine rings is 1. The van der Waals surface area contributed by atoms with E-state index in [1.54, 1.807) is 0 Å². The molecule has 0 aliphatic carbocycles. The molecule has 1 saturated heterocycles. The molecule has 3 rings (SSSR count). The Bertz CT molecular complexity index is 780. The van der Waals surface area contributed by atoms with E-state index < -0.39 is 23.3 Å². The second-order valence-electron chi connectivity index (χ2n) is 6.02. The van der Waals surface area contributed by atoms with Crippen LogP contribution in [0.3, 0.4) is 0 Å². The summed E-state index contributed by atoms with van der Waals surface area (Å²) >= 11 is 5.79. The molecule has 0 N–H and O–H groups in total. The molecule has 0 saturated carbocycles. The molecule has 140 valence electrons. The summed E-state index contributed by atoms with van der Waals surface area (Å²) in [4.78, 5) is 16.3. The van der Waals surface area contributed by atoms with Crippen LogP contribution >= 0.6 is 11.6 Å². The quantitative estimate of drug-likeness (QED) is 0.812. The number of nitrogens with zero attached hydrogens (tertiary/aromatic N) is 4. The number of benzene rings is 1. The number of amides is 1. The zero-order valence-corrected chi connectivity index (χ0v) is 14.9. The lowest BCUT2D eigenvalue weighted by Gasteiger charge is -2.34. The Kier molecular flexibility index (Phi) is 5.24. The molecule has 5 nitrogen and oxygen atoms in total. The van der Waals surface area contributed by atoms with Crippen molar-refractivity contribution < 1.29 is 18.0 Å². The van der Waals surface area contributed by atoms with Gasteiger partial charge in [-0.15, -0.1) is 0 Å². The molecule has 2 heterocycles. The predicted octanol–water partition coefficient (Wildman–Crippen LogP) is 3.32. The molecular weight excluding hydrogens is 369 g/mol. The summed E-state index contributed by atoms with van der Waals surface area (Å²) in [5, 5.41) is 4.23. The van der Waals surface area contributed by atoms with Gasteiger partial charge in [-0.05, 0) is 30.8 Å². The zero-order valence-electron chi connectivity index (χ0n) is 14.1. The molecule has 1 aliphatic rings. The van der Waals surface area contributed by atoms with E-state index in [-0.39, 0.29) is 5.69 Å². The van der Waals surface area contributed by atoms with Gasteiger partial charge < -0.3 is 9.80 Å². The first kappa shape index (κ1) is 18.7. The minimum atomic E-state index is -4.72. The molecule has 1 aromatic heterocycles. The SMILES string of the molecule is CCN1CCN(C(=O)c2cnn(-c3ccc(Cl)cc3)c2C(F)(F)F)CC1. The van der Waals surface area contributed by atoms with E-state index >= 15 is 0 Å². The highest BCUT2D eigenvalue weighted by molar-refractivity contribution is 6.30. The average molecular weight is 387 g/mol. The number of likely N-dealkylation sites (N-methyl/N-ethyl adjacent to an activating group) is 1. The van der Waals surface area contributed by atoms with Crippen molar-refractivity contribution in [3.63, 3.8) is 0 Å². The van der Waals surface area contributed by atoms with E-state index in [1.807, 2.05) is 6.92 Å². The van der Waals surface area contributed by atoms with Crippen LogP contribution in [0.1, 0.15) is 23.0 Å². The number of carbonyl (C=O) groups is 1. The highest BCUT2D eigenvalue weighted by Gasteiger charge is 2.41. The Morgan fingerprint density at radius 3 is 2.31 bits per heavy atom. The van der Waals surface area contributed by atoms with Crippen LogP contribution in [0.5, 0.6) is 0 Å². The third-order valence-corrected chi connectivity index (χ3v) is 4.70. The minimum absolute atomic E-state index is 0.191. The highest BCUT2D eigenvalue weighted by Crippen LogP contribution is 2.34. The first-order valence-corrected chi connectivity index (χ1v) is 8.62. The van der Waals surface area contributed by atoms with E-state index in [4.69, 9.17) is 11.6 Å². The van der Waals surface area contributed by atoms with Crippen LogP contribution in [0.2, 0.25) is 5.02 Å². The monoisotopic (exact) mass is 386 g/mol. The number of hydrogen-bond donors (Lipinski definition) is 0. The van der Waals surface area contributed by atoms with Crippen LogP contribution in [-0.2, 0) is 6.18 Å². The van der Waals surface area contributed by atoms with Gasteiger partial charge in [0.25, 0.3) is 5.91 Å². The largest absolute Gasteiger partial charge is 0.434 e. The van der Waals surface area contributed by atoms with Gasteiger partial charge in [0.05, 0.1) is 17.4 Å². The topological polar surface area (TPSA) is 41.4 Å². The van der Waals surface area contributed by atoms with Gasteiger partial charge in [0, 0.05) is 31.2 Å². The van der Waals surface area contributed by atoms with Crippen molar-refractivity contribution in [2.45, 2.75) is 13.1 Å². The molecule has 1 fully saturated rings. The fraction of sp³-hybridized carbons (Fsp3) is 0.412. The molecule has 0 atom stereocenters. The van der Waals surface area contributed by atoms with Gasteiger partial charge in [-0.1, -0.05) is 18.5 Å². The third-order valence-electron chi connectivity index (χ3n) is 4.45. The minimum Gasteiger partial charge on any atom is -0.336 e. The number of hydrogen-bond acceptors (Lipinski definition) is 3. The average Bonchev–Trinajstić information content (AvgIpc) is 3.07. The van der Waals surface area contributed by atoms with Gasteiger partial charge in [-0.25, -0.2) is 4.68 Å². The zero-order chi connectivity index (χ0) is 18.9. The van der Waals surface area contributed by atoms with Gasteiger partial charge in [-0.3, -0.25) is 4.79 Å². The van der Waals surface area contributed by atoms with Crippen LogP contribution < -0.4 is 0 Å². The molecular formula is C17H18ClF3N4O. The second-order valence-corrected chi connectivity index (χ2v) is 6.46. The number of rotatable bonds is 3. The van der Waals surface area contributed by atoms with Gasteiger partial charge in [0.1, 0.15) is 0 Å². The summed E-state index contributed by atoms with van der Waals surface area (Å²) in [5.41, 5.74) is -1.31. The smallest absolute Gasteiger partial charge is 0.336 e. The van der Waals surface area contributed by atoms with Crippen molar-refractivity contribution in [3.05, 3.63) is 46.7 Å². The summed E-state index contributed by atoms with van der Waals surface area (Å²) in [6.45, 7) is 4.95. The Morgan fingerprint density at radius 2 is 1.77 bits per heavy atom. The number of halogens is 4. The van der Waals surface area contributed by atoms with Crippen LogP contribution in [0.25, 0.3) is 5.69 Å². The van der Waals surface area contributed by atoms with E-state index in [9.17, 15) is 18.0 Å². The maximum Gasteiger partial charge on any atom is 0.434 e. The lowest BCUT2D eigenvalue weighted by Crippen LogP contribution is -2.48. The second kappa shape index (κ2) is 7.28. The first-order chi connectivity index (χ1) is 12.3.